The minimum absolute atomic E-state index is 0.0470. The predicted octanol–water partition coefficient (Wildman–Crippen LogP) is 5.71. The average molecular weight is 498 g/mol. The molecule has 6 nitrogen and oxygen atoms in total. The number of ether oxygens (including phenoxy) is 1. The highest BCUT2D eigenvalue weighted by Crippen LogP contribution is 2.31. The molecule has 3 aromatic carbocycles. The summed E-state index contributed by atoms with van der Waals surface area (Å²) in [6.07, 6.45) is 3.61. The van der Waals surface area contributed by atoms with Crippen LogP contribution in [0.4, 0.5) is 0 Å². The van der Waals surface area contributed by atoms with Gasteiger partial charge in [-0.15, -0.1) is 0 Å². The highest BCUT2D eigenvalue weighted by molar-refractivity contribution is 7.90. The Morgan fingerprint density at radius 1 is 0.917 bits per heavy atom. The van der Waals surface area contributed by atoms with Gasteiger partial charge in [0.15, 0.2) is 9.84 Å². The molecule has 0 N–H and O–H groups in total. The molecule has 7 heteroatoms. The molecule has 0 fully saturated rings. The Labute approximate surface area is 211 Å². The van der Waals surface area contributed by atoms with Crippen LogP contribution < -0.4 is 4.74 Å². The van der Waals surface area contributed by atoms with Crippen LogP contribution in [0.3, 0.4) is 0 Å². The van der Waals surface area contributed by atoms with Crippen LogP contribution in [0.1, 0.15) is 29.9 Å². The van der Waals surface area contributed by atoms with Gasteiger partial charge in [-0.25, -0.2) is 18.4 Å². The van der Waals surface area contributed by atoms with E-state index in [1.54, 1.807) is 19.2 Å². The van der Waals surface area contributed by atoms with Crippen LogP contribution in [0.5, 0.6) is 5.88 Å². The minimum atomic E-state index is -3.24. The molecule has 1 atom stereocenters. The van der Waals surface area contributed by atoms with E-state index < -0.39 is 9.84 Å². The zero-order chi connectivity index (χ0) is 25.3. The molecule has 0 aliphatic carbocycles. The summed E-state index contributed by atoms with van der Waals surface area (Å²) in [5.74, 6) is 1.49. The molecule has 5 rings (SSSR count). The third-order valence-corrected chi connectivity index (χ3v) is 7.55. The highest BCUT2D eigenvalue weighted by atomic mass is 32.2. The largest absolute Gasteiger partial charge is 0.481 e. The second kappa shape index (κ2) is 9.59. The van der Waals surface area contributed by atoms with Crippen LogP contribution >= 0.6 is 0 Å². The molecule has 0 amide bonds. The highest BCUT2D eigenvalue weighted by Gasteiger charge is 2.19. The van der Waals surface area contributed by atoms with Gasteiger partial charge in [0.25, 0.3) is 0 Å². The number of benzene rings is 3. The standard InChI is InChI=1S/C29H27N3O3S/c1-20(22-7-5-4-6-8-22)32-27-18-23(24-12-16-29(35-2)30-19-24)11-15-26(27)31-28(32)17-21-9-13-25(14-10-21)36(3,33)34/h4-16,18-20H,17H2,1-3H3/t20-/m0/s1. The van der Waals surface area contributed by atoms with E-state index in [0.717, 1.165) is 33.5 Å². The van der Waals surface area contributed by atoms with E-state index in [0.29, 0.717) is 17.2 Å². The topological polar surface area (TPSA) is 74.1 Å². The number of hydrogen-bond donors (Lipinski definition) is 0. The number of aromatic nitrogens is 3. The second-order valence-electron chi connectivity index (χ2n) is 8.87. The van der Waals surface area contributed by atoms with Gasteiger partial charge in [-0.1, -0.05) is 48.5 Å². The van der Waals surface area contributed by atoms with E-state index in [1.807, 2.05) is 54.7 Å². The van der Waals surface area contributed by atoms with E-state index in [4.69, 9.17) is 9.72 Å². The number of rotatable bonds is 7. The van der Waals surface area contributed by atoms with Gasteiger partial charge < -0.3 is 9.30 Å². The molecule has 0 radical (unpaired) electrons. The fourth-order valence-electron chi connectivity index (χ4n) is 4.47. The Morgan fingerprint density at radius 3 is 2.28 bits per heavy atom. The summed E-state index contributed by atoms with van der Waals surface area (Å²) in [7, 11) is -1.64. The molecule has 0 saturated carbocycles. The zero-order valence-electron chi connectivity index (χ0n) is 20.4. The second-order valence-corrected chi connectivity index (χ2v) is 10.9. The van der Waals surface area contributed by atoms with Gasteiger partial charge in [0.2, 0.25) is 5.88 Å². The maximum Gasteiger partial charge on any atom is 0.212 e. The van der Waals surface area contributed by atoms with E-state index >= 15 is 0 Å². The van der Waals surface area contributed by atoms with Crippen LogP contribution in [0.25, 0.3) is 22.2 Å². The number of fused-ring (bicyclic) bond motifs is 1. The first-order chi connectivity index (χ1) is 17.3. The van der Waals surface area contributed by atoms with Crippen molar-refractivity contribution in [2.75, 3.05) is 13.4 Å². The Kier molecular flexibility index (Phi) is 6.33. The number of imidazole rings is 1. The van der Waals surface area contributed by atoms with Crippen molar-refractivity contribution in [2.45, 2.75) is 24.3 Å². The van der Waals surface area contributed by atoms with Gasteiger partial charge in [0, 0.05) is 30.5 Å². The summed E-state index contributed by atoms with van der Waals surface area (Å²) in [5, 5.41) is 0. The Balaban J connectivity index is 1.61. The number of hydrogen-bond acceptors (Lipinski definition) is 5. The number of nitrogens with zero attached hydrogens (tertiary/aromatic N) is 3. The van der Waals surface area contributed by atoms with Gasteiger partial charge in [-0.3, -0.25) is 0 Å². The van der Waals surface area contributed by atoms with Crippen molar-refractivity contribution in [3.63, 3.8) is 0 Å². The Hall–Kier alpha value is -3.97. The zero-order valence-corrected chi connectivity index (χ0v) is 21.2. The molecular formula is C29H27N3O3S. The third kappa shape index (κ3) is 4.75. The van der Waals surface area contributed by atoms with Gasteiger partial charge in [0.1, 0.15) is 5.82 Å². The van der Waals surface area contributed by atoms with Gasteiger partial charge >= 0.3 is 0 Å². The normalized spacial score (nSPS) is 12.5. The average Bonchev–Trinajstić information content (AvgIpc) is 3.25. The summed E-state index contributed by atoms with van der Waals surface area (Å²) < 4.78 is 31.2. The van der Waals surface area contributed by atoms with Crippen molar-refractivity contribution >= 4 is 20.9 Å². The number of sulfone groups is 1. The van der Waals surface area contributed by atoms with Crippen molar-refractivity contribution in [3.05, 3.63) is 108 Å². The Bertz CT molecular complexity index is 1610. The Morgan fingerprint density at radius 2 is 1.64 bits per heavy atom. The number of pyridine rings is 1. The lowest BCUT2D eigenvalue weighted by Crippen LogP contribution is -2.11. The van der Waals surface area contributed by atoms with E-state index in [9.17, 15) is 8.42 Å². The van der Waals surface area contributed by atoms with E-state index in [1.165, 1.54) is 11.8 Å². The predicted molar refractivity (Wildman–Crippen MR) is 142 cm³/mol. The maximum atomic E-state index is 11.9. The smallest absolute Gasteiger partial charge is 0.212 e. The SMILES string of the molecule is COc1ccc(-c2ccc3nc(Cc4ccc(S(C)(=O)=O)cc4)n([C@@H](C)c4ccccc4)c3c2)cn1. The van der Waals surface area contributed by atoms with Crippen molar-refractivity contribution < 1.29 is 13.2 Å². The fraction of sp³-hybridized carbons (Fsp3) is 0.172. The van der Waals surface area contributed by atoms with Crippen molar-refractivity contribution in [3.8, 4) is 17.0 Å². The summed E-state index contributed by atoms with van der Waals surface area (Å²) in [4.78, 5) is 9.67. The molecule has 0 aliphatic heterocycles. The van der Waals surface area contributed by atoms with Gasteiger partial charge in [0.05, 0.1) is 29.1 Å². The first-order valence-corrected chi connectivity index (χ1v) is 13.6. The quantitative estimate of drug-likeness (QED) is 0.288. The van der Waals surface area contributed by atoms with Crippen LogP contribution in [0.2, 0.25) is 0 Å². The van der Waals surface area contributed by atoms with Crippen molar-refractivity contribution in [2.24, 2.45) is 0 Å². The molecule has 0 unspecified atom stereocenters. The minimum Gasteiger partial charge on any atom is -0.481 e. The molecular weight excluding hydrogens is 470 g/mol. The van der Waals surface area contributed by atoms with Crippen molar-refractivity contribution in [1.29, 1.82) is 0 Å². The van der Waals surface area contributed by atoms with E-state index in [-0.39, 0.29) is 6.04 Å². The summed E-state index contributed by atoms with van der Waals surface area (Å²) in [6, 6.07) is 27.6. The lowest BCUT2D eigenvalue weighted by Gasteiger charge is -2.19. The van der Waals surface area contributed by atoms with Gasteiger partial charge in [-0.05, 0) is 53.9 Å². The summed E-state index contributed by atoms with van der Waals surface area (Å²) >= 11 is 0. The molecule has 0 saturated heterocycles. The molecule has 182 valence electrons. The molecule has 5 aromatic rings. The molecule has 0 aliphatic rings. The molecule has 0 spiro atoms. The summed E-state index contributed by atoms with van der Waals surface area (Å²) in [5.41, 5.74) is 6.16. The van der Waals surface area contributed by atoms with Crippen LogP contribution in [-0.4, -0.2) is 36.3 Å². The monoisotopic (exact) mass is 497 g/mol. The molecule has 0 bridgehead atoms. The van der Waals surface area contributed by atoms with Crippen LogP contribution in [0.15, 0.2) is 96.0 Å². The van der Waals surface area contributed by atoms with Crippen LogP contribution in [-0.2, 0) is 16.3 Å². The number of methoxy groups -OCH3 is 1. The molecule has 36 heavy (non-hydrogen) atoms. The van der Waals surface area contributed by atoms with Crippen LogP contribution in [0, 0.1) is 0 Å². The lowest BCUT2D eigenvalue weighted by atomic mass is 10.1. The lowest BCUT2D eigenvalue weighted by molar-refractivity contribution is 0.398. The summed E-state index contributed by atoms with van der Waals surface area (Å²) in [6.45, 7) is 2.17. The maximum absolute atomic E-state index is 11.9. The first-order valence-electron chi connectivity index (χ1n) is 11.7. The first kappa shape index (κ1) is 23.8. The van der Waals surface area contributed by atoms with E-state index in [2.05, 4.69) is 40.7 Å². The molecule has 2 heterocycles. The molecule has 2 aromatic heterocycles. The third-order valence-electron chi connectivity index (χ3n) is 6.42. The van der Waals surface area contributed by atoms with Crippen molar-refractivity contribution in [1.82, 2.24) is 14.5 Å². The fourth-order valence-corrected chi connectivity index (χ4v) is 5.10. The van der Waals surface area contributed by atoms with Gasteiger partial charge in [-0.2, -0.15) is 0 Å².